The summed E-state index contributed by atoms with van der Waals surface area (Å²) in [6, 6.07) is 10.9. The highest BCUT2D eigenvalue weighted by atomic mass is 35.5. The summed E-state index contributed by atoms with van der Waals surface area (Å²) in [4.78, 5) is 16.8. The van der Waals surface area contributed by atoms with Crippen LogP contribution in [-0.2, 0) is 17.7 Å². The monoisotopic (exact) mass is 390 g/mol. The van der Waals surface area contributed by atoms with Gasteiger partial charge >= 0.3 is 5.97 Å². The molecule has 4 nitrogen and oxygen atoms in total. The number of carbonyl (C=O) groups excluding carboxylic acids is 1. The highest BCUT2D eigenvalue weighted by Gasteiger charge is 2.16. The van der Waals surface area contributed by atoms with Gasteiger partial charge < -0.3 is 9.30 Å². The summed E-state index contributed by atoms with van der Waals surface area (Å²) in [5, 5.41) is 1.23. The van der Waals surface area contributed by atoms with Crippen LogP contribution in [0.25, 0.3) is 11.0 Å². The summed E-state index contributed by atoms with van der Waals surface area (Å²) in [6.45, 7) is 4.73. The molecular weight excluding hydrogens is 371 g/mol. The number of esters is 1. The number of carbonyl (C=O) groups is 1. The Kier molecular flexibility index (Phi) is 5.84. The van der Waals surface area contributed by atoms with E-state index in [0.717, 1.165) is 35.3 Å². The Hall–Kier alpha value is -2.04. The molecule has 0 unspecified atom stereocenters. The van der Waals surface area contributed by atoms with Crippen LogP contribution in [0.1, 0.15) is 42.0 Å². The van der Waals surface area contributed by atoms with Gasteiger partial charge in [0.05, 0.1) is 29.7 Å². The minimum Gasteiger partial charge on any atom is -0.462 e. The first-order valence-corrected chi connectivity index (χ1v) is 9.39. The third kappa shape index (κ3) is 3.71. The van der Waals surface area contributed by atoms with Gasteiger partial charge in [0, 0.05) is 22.0 Å². The maximum absolute atomic E-state index is 12.1. The zero-order valence-electron chi connectivity index (χ0n) is 14.8. The van der Waals surface area contributed by atoms with Gasteiger partial charge in [0.25, 0.3) is 0 Å². The van der Waals surface area contributed by atoms with E-state index in [4.69, 9.17) is 32.9 Å². The Bertz CT molecular complexity index is 930. The number of hydrogen-bond donors (Lipinski definition) is 0. The average molecular weight is 391 g/mol. The van der Waals surface area contributed by atoms with Crippen LogP contribution < -0.4 is 0 Å². The van der Waals surface area contributed by atoms with E-state index < -0.39 is 0 Å². The van der Waals surface area contributed by atoms with Crippen molar-refractivity contribution in [3.05, 3.63) is 63.4 Å². The van der Waals surface area contributed by atoms with Gasteiger partial charge in [-0.15, -0.1) is 0 Å². The van der Waals surface area contributed by atoms with Crippen molar-refractivity contribution in [2.45, 2.75) is 33.2 Å². The summed E-state index contributed by atoms with van der Waals surface area (Å²) < 4.78 is 7.19. The first-order chi connectivity index (χ1) is 12.5. The fourth-order valence-corrected chi connectivity index (χ4v) is 3.46. The van der Waals surface area contributed by atoms with Crippen molar-refractivity contribution in [3.8, 4) is 0 Å². The Morgan fingerprint density at radius 1 is 1.15 bits per heavy atom. The van der Waals surface area contributed by atoms with E-state index in [-0.39, 0.29) is 5.97 Å². The fourth-order valence-electron chi connectivity index (χ4n) is 2.95. The smallest absolute Gasteiger partial charge is 0.338 e. The molecule has 3 aromatic rings. The van der Waals surface area contributed by atoms with Crippen molar-refractivity contribution in [1.82, 2.24) is 9.55 Å². The van der Waals surface area contributed by atoms with Crippen LogP contribution in [-0.4, -0.2) is 22.1 Å². The summed E-state index contributed by atoms with van der Waals surface area (Å²) in [6.07, 6.45) is 1.79. The minimum atomic E-state index is -0.338. The van der Waals surface area contributed by atoms with Crippen molar-refractivity contribution in [3.63, 3.8) is 0 Å². The number of rotatable bonds is 6. The number of nitrogens with zero attached hydrogens (tertiary/aromatic N) is 2. The van der Waals surface area contributed by atoms with Crippen LogP contribution >= 0.6 is 23.2 Å². The number of aryl methyl sites for hydroxylation is 1. The normalized spacial score (nSPS) is 11.1. The second-order valence-electron chi connectivity index (χ2n) is 5.99. The molecule has 136 valence electrons. The number of fused-ring (bicyclic) bond motifs is 1. The van der Waals surface area contributed by atoms with Crippen molar-refractivity contribution < 1.29 is 9.53 Å². The second-order valence-corrected chi connectivity index (χ2v) is 6.80. The molecular formula is C20H20Cl2N2O2. The lowest BCUT2D eigenvalue weighted by Crippen LogP contribution is -2.08. The molecule has 0 spiro atoms. The number of ether oxygens (including phenoxy) is 1. The number of benzene rings is 2. The predicted molar refractivity (Wildman–Crippen MR) is 105 cm³/mol. The van der Waals surface area contributed by atoms with E-state index in [9.17, 15) is 4.79 Å². The van der Waals surface area contributed by atoms with Crippen molar-refractivity contribution in [2.75, 3.05) is 6.61 Å². The third-order valence-corrected chi connectivity index (χ3v) is 4.90. The molecule has 3 rings (SSSR count). The predicted octanol–water partition coefficient (Wildman–Crippen LogP) is 5.52. The molecule has 0 bridgehead atoms. The van der Waals surface area contributed by atoms with Gasteiger partial charge in [-0.05, 0) is 43.7 Å². The van der Waals surface area contributed by atoms with Crippen molar-refractivity contribution in [1.29, 1.82) is 0 Å². The molecule has 0 radical (unpaired) electrons. The van der Waals surface area contributed by atoms with Crippen LogP contribution in [0.15, 0.2) is 36.4 Å². The maximum Gasteiger partial charge on any atom is 0.338 e. The second kappa shape index (κ2) is 8.11. The Labute approximate surface area is 162 Å². The molecule has 0 atom stereocenters. The van der Waals surface area contributed by atoms with Crippen molar-refractivity contribution in [2.24, 2.45) is 0 Å². The molecule has 0 aliphatic carbocycles. The highest BCUT2D eigenvalue weighted by Crippen LogP contribution is 2.28. The van der Waals surface area contributed by atoms with Gasteiger partial charge in [0.2, 0.25) is 0 Å². The number of imidazole rings is 1. The summed E-state index contributed by atoms with van der Waals surface area (Å²) in [7, 11) is 0. The molecule has 0 aliphatic heterocycles. The first kappa shape index (κ1) is 18.7. The van der Waals surface area contributed by atoms with E-state index >= 15 is 0 Å². The molecule has 0 N–H and O–H groups in total. The van der Waals surface area contributed by atoms with Crippen LogP contribution in [0.3, 0.4) is 0 Å². The van der Waals surface area contributed by atoms with Gasteiger partial charge in [-0.3, -0.25) is 0 Å². The van der Waals surface area contributed by atoms with E-state index in [1.54, 1.807) is 13.0 Å². The molecule has 1 aromatic heterocycles. The van der Waals surface area contributed by atoms with E-state index in [2.05, 4.69) is 11.5 Å². The van der Waals surface area contributed by atoms with E-state index in [1.165, 1.54) is 0 Å². The largest absolute Gasteiger partial charge is 0.462 e. The SMILES string of the molecule is CCCc1nc2ccc(C(=O)OCC)cc2n1Cc1c(Cl)cccc1Cl. The summed E-state index contributed by atoms with van der Waals surface area (Å²) in [5.74, 6) is 0.606. The molecule has 1 heterocycles. The quantitative estimate of drug-likeness (QED) is 0.520. The zero-order valence-corrected chi connectivity index (χ0v) is 16.3. The Morgan fingerprint density at radius 3 is 2.54 bits per heavy atom. The lowest BCUT2D eigenvalue weighted by molar-refractivity contribution is 0.0526. The molecule has 0 aliphatic rings. The molecule has 0 amide bonds. The topological polar surface area (TPSA) is 44.1 Å². The molecule has 6 heteroatoms. The van der Waals surface area contributed by atoms with Gasteiger partial charge in [-0.2, -0.15) is 0 Å². The van der Waals surface area contributed by atoms with E-state index in [1.807, 2.05) is 30.3 Å². The number of halogens is 2. The number of aromatic nitrogens is 2. The zero-order chi connectivity index (χ0) is 18.7. The Morgan fingerprint density at radius 2 is 1.88 bits per heavy atom. The van der Waals surface area contributed by atoms with E-state index in [0.29, 0.717) is 28.8 Å². The van der Waals surface area contributed by atoms with Gasteiger partial charge in [-0.1, -0.05) is 36.2 Å². The maximum atomic E-state index is 12.1. The first-order valence-electron chi connectivity index (χ1n) is 8.64. The molecule has 0 saturated heterocycles. The summed E-state index contributed by atoms with van der Waals surface area (Å²) >= 11 is 12.7. The third-order valence-electron chi connectivity index (χ3n) is 4.19. The van der Waals surface area contributed by atoms with Crippen LogP contribution in [0.4, 0.5) is 0 Å². The minimum absolute atomic E-state index is 0.338. The van der Waals surface area contributed by atoms with Crippen LogP contribution in [0, 0.1) is 0 Å². The molecule has 26 heavy (non-hydrogen) atoms. The Balaban J connectivity index is 2.12. The summed E-state index contributed by atoms with van der Waals surface area (Å²) in [5.41, 5.74) is 3.06. The lowest BCUT2D eigenvalue weighted by Gasteiger charge is -2.12. The fraction of sp³-hybridized carbons (Fsp3) is 0.300. The number of hydrogen-bond acceptors (Lipinski definition) is 3. The van der Waals surface area contributed by atoms with Gasteiger partial charge in [0.1, 0.15) is 5.82 Å². The van der Waals surface area contributed by atoms with Gasteiger partial charge in [0.15, 0.2) is 0 Å². The van der Waals surface area contributed by atoms with Crippen molar-refractivity contribution >= 4 is 40.2 Å². The lowest BCUT2D eigenvalue weighted by atomic mass is 10.2. The standard InChI is InChI=1S/C20H20Cl2N2O2/c1-3-6-19-23-17-10-9-13(20(25)26-4-2)11-18(17)24(19)12-14-15(21)7-5-8-16(14)22/h5,7-11H,3-4,6,12H2,1-2H3. The van der Waals surface area contributed by atoms with Crippen LogP contribution in [0.2, 0.25) is 10.0 Å². The highest BCUT2D eigenvalue weighted by molar-refractivity contribution is 6.36. The van der Waals surface area contributed by atoms with Crippen LogP contribution in [0.5, 0.6) is 0 Å². The molecule has 0 fully saturated rings. The molecule has 0 saturated carbocycles. The molecule has 2 aromatic carbocycles. The average Bonchev–Trinajstić information content (AvgIpc) is 2.95. The van der Waals surface area contributed by atoms with Gasteiger partial charge in [-0.25, -0.2) is 9.78 Å².